The summed E-state index contributed by atoms with van der Waals surface area (Å²) < 4.78 is 47.1. The van der Waals surface area contributed by atoms with Crippen molar-refractivity contribution in [2.75, 3.05) is 45.7 Å². The van der Waals surface area contributed by atoms with E-state index in [1.54, 1.807) is 17.9 Å². The average molecular weight is 508 g/mol. The lowest BCUT2D eigenvalue weighted by Crippen LogP contribution is -2.48. The molecule has 3 atom stereocenters. The second kappa shape index (κ2) is 10.9. The first kappa shape index (κ1) is 26.9. The van der Waals surface area contributed by atoms with Crippen molar-refractivity contribution in [3.63, 3.8) is 0 Å². The molecule has 1 aliphatic heterocycles. The van der Waals surface area contributed by atoms with Crippen molar-refractivity contribution in [3.05, 3.63) is 53.8 Å². The fourth-order valence-corrected chi connectivity index (χ4v) is 5.23. The number of ether oxygens (including phenoxy) is 1. The number of hydrogen-bond donors (Lipinski definition) is 1. The van der Waals surface area contributed by atoms with Gasteiger partial charge in [0.1, 0.15) is 17.7 Å². The van der Waals surface area contributed by atoms with Gasteiger partial charge < -0.3 is 19.6 Å². The number of carbonyl (C=O) groups excluding carboxylic acids is 1. The molecule has 0 radical (unpaired) electrons. The molecule has 8 nitrogen and oxygen atoms in total. The molecule has 1 N–H and O–H groups in total. The van der Waals surface area contributed by atoms with Crippen molar-refractivity contribution >= 4 is 21.6 Å². The molecule has 0 saturated carbocycles. The number of likely N-dealkylation sites (N-methyl/N-ethyl adjacent to an activating group) is 1. The van der Waals surface area contributed by atoms with Crippen LogP contribution in [0.3, 0.4) is 0 Å². The summed E-state index contributed by atoms with van der Waals surface area (Å²) in [4.78, 5) is 16.8. The number of aliphatic hydroxyl groups excluding tert-OH is 1. The lowest BCUT2D eigenvalue weighted by molar-refractivity contribution is -0.134. The maximum absolute atomic E-state index is 13.3. The van der Waals surface area contributed by atoms with Crippen molar-refractivity contribution in [3.8, 4) is 5.75 Å². The summed E-state index contributed by atoms with van der Waals surface area (Å²) in [5.74, 6) is -0.381. The molecule has 35 heavy (non-hydrogen) atoms. The molecule has 10 heteroatoms. The zero-order chi connectivity index (χ0) is 25.9. The van der Waals surface area contributed by atoms with E-state index in [1.807, 2.05) is 38.1 Å². The number of benzene rings is 2. The Labute approximate surface area is 207 Å². The van der Waals surface area contributed by atoms with E-state index in [4.69, 9.17) is 4.74 Å². The normalized spacial score (nSPS) is 19.9. The Morgan fingerprint density at radius 3 is 2.43 bits per heavy atom. The van der Waals surface area contributed by atoms with Crippen LogP contribution in [0, 0.1) is 11.7 Å². The number of fused-ring (bicyclic) bond motifs is 1. The van der Waals surface area contributed by atoms with Crippen LogP contribution in [-0.2, 0) is 21.2 Å². The number of aliphatic hydroxyl groups is 1. The molecule has 0 spiro atoms. The molecular weight excluding hydrogens is 473 g/mol. The topological polar surface area (TPSA) is 90.4 Å². The molecule has 192 valence electrons. The Kier molecular flexibility index (Phi) is 8.40. The van der Waals surface area contributed by atoms with E-state index < -0.39 is 28.0 Å². The highest BCUT2D eigenvalue weighted by Crippen LogP contribution is 2.30. The second-order valence-corrected chi connectivity index (χ2v) is 11.4. The SMILES string of the molecule is C[C@@H]1CN([C@@H](C)CO)C(=O)Cc2cc(N(C)C)ccc2O[C@@H]1CN(C)S(=O)(=O)c1ccc(F)cc1. The van der Waals surface area contributed by atoms with Crippen molar-refractivity contribution in [2.24, 2.45) is 5.92 Å². The van der Waals surface area contributed by atoms with Gasteiger partial charge in [0, 0.05) is 44.9 Å². The standard InChI is InChI=1S/C25H34FN3O5S/c1-17-14-29(18(2)16-30)25(31)13-19-12-21(27(3)4)8-11-23(19)34-24(17)15-28(5)35(32,33)22-9-6-20(26)7-10-22/h6-12,17-18,24,30H,13-16H2,1-5H3/t17-,18+,24-/m1/s1. The van der Waals surface area contributed by atoms with Gasteiger partial charge in [-0.1, -0.05) is 6.92 Å². The van der Waals surface area contributed by atoms with Gasteiger partial charge in [0.2, 0.25) is 15.9 Å². The molecule has 2 aromatic carbocycles. The van der Waals surface area contributed by atoms with E-state index >= 15 is 0 Å². The van der Waals surface area contributed by atoms with Crippen LogP contribution in [0.5, 0.6) is 5.75 Å². The van der Waals surface area contributed by atoms with Gasteiger partial charge in [-0.15, -0.1) is 0 Å². The number of amides is 1. The summed E-state index contributed by atoms with van der Waals surface area (Å²) in [6, 6.07) is 9.86. The molecule has 0 fully saturated rings. The predicted octanol–water partition coefficient (Wildman–Crippen LogP) is 2.36. The zero-order valence-electron chi connectivity index (χ0n) is 20.8. The van der Waals surface area contributed by atoms with E-state index in [1.165, 1.54) is 23.5 Å². The average Bonchev–Trinajstić information content (AvgIpc) is 2.86. The highest BCUT2D eigenvalue weighted by Gasteiger charge is 2.33. The first-order valence-electron chi connectivity index (χ1n) is 11.5. The number of hydrogen-bond acceptors (Lipinski definition) is 6. The van der Waals surface area contributed by atoms with E-state index in [9.17, 15) is 22.7 Å². The van der Waals surface area contributed by atoms with Crippen LogP contribution in [0.25, 0.3) is 0 Å². The smallest absolute Gasteiger partial charge is 0.242 e. The molecule has 0 unspecified atom stereocenters. The zero-order valence-corrected chi connectivity index (χ0v) is 21.6. The van der Waals surface area contributed by atoms with E-state index in [0.717, 1.165) is 17.8 Å². The fraction of sp³-hybridized carbons (Fsp3) is 0.480. The van der Waals surface area contributed by atoms with Crippen LogP contribution < -0.4 is 9.64 Å². The van der Waals surface area contributed by atoms with Gasteiger partial charge in [0.15, 0.2) is 0 Å². The minimum Gasteiger partial charge on any atom is -0.488 e. The Hall–Kier alpha value is -2.69. The Bertz CT molecular complexity index is 1140. The first-order chi connectivity index (χ1) is 16.4. The van der Waals surface area contributed by atoms with Gasteiger partial charge in [-0.3, -0.25) is 4.79 Å². The third-order valence-corrected chi connectivity index (χ3v) is 8.21. The largest absolute Gasteiger partial charge is 0.488 e. The highest BCUT2D eigenvalue weighted by atomic mass is 32.2. The van der Waals surface area contributed by atoms with Gasteiger partial charge in [0.05, 0.1) is 30.5 Å². The molecule has 2 aromatic rings. The van der Waals surface area contributed by atoms with Crippen molar-refractivity contribution in [2.45, 2.75) is 37.3 Å². The van der Waals surface area contributed by atoms with Crippen molar-refractivity contribution in [1.82, 2.24) is 9.21 Å². The van der Waals surface area contributed by atoms with Crippen LogP contribution >= 0.6 is 0 Å². The minimum atomic E-state index is -3.89. The van der Waals surface area contributed by atoms with Gasteiger partial charge >= 0.3 is 0 Å². The first-order valence-corrected chi connectivity index (χ1v) is 13.0. The van der Waals surface area contributed by atoms with Crippen LogP contribution in [0.4, 0.5) is 10.1 Å². The maximum atomic E-state index is 13.3. The van der Waals surface area contributed by atoms with E-state index in [0.29, 0.717) is 17.9 Å². The minimum absolute atomic E-state index is 0.0150. The molecule has 0 saturated heterocycles. The number of halogens is 1. The maximum Gasteiger partial charge on any atom is 0.242 e. The van der Waals surface area contributed by atoms with Crippen LogP contribution in [0.15, 0.2) is 47.4 Å². The fourth-order valence-electron chi connectivity index (χ4n) is 4.05. The van der Waals surface area contributed by atoms with Crippen molar-refractivity contribution < 1.29 is 27.4 Å². The number of nitrogens with zero attached hydrogens (tertiary/aromatic N) is 3. The summed E-state index contributed by atoms with van der Waals surface area (Å²) in [5.41, 5.74) is 1.60. The number of carbonyl (C=O) groups is 1. The van der Waals surface area contributed by atoms with Crippen LogP contribution in [-0.4, -0.2) is 81.6 Å². The number of rotatable bonds is 7. The number of anilines is 1. The third-order valence-electron chi connectivity index (χ3n) is 6.38. The van der Waals surface area contributed by atoms with Gasteiger partial charge in [-0.2, -0.15) is 4.31 Å². The van der Waals surface area contributed by atoms with Gasteiger partial charge in [-0.25, -0.2) is 12.8 Å². The lowest BCUT2D eigenvalue weighted by Gasteiger charge is -2.33. The van der Waals surface area contributed by atoms with E-state index in [2.05, 4.69) is 0 Å². The molecule has 3 rings (SSSR count). The molecule has 0 aromatic heterocycles. The summed E-state index contributed by atoms with van der Waals surface area (Å²) >= 11 is 0. The summed E-state index contributed by atoms with van der Waals surface area (Å²) in [7, 11) is 1.37. The van der Waals surface area contributed by atoms with Crippen LogP contribution in [0.1, 0.15) is 19.4 Å². The molecule has 1 aliphatic rings. The molecule has 1 amide bonds. The summed E-state index contributed by atoms with van der Waals surface area (Å²) in [6.45, 7) is 3.80. The quantitative estimate of drug-likeness (QED) is 0.619. The Balaban J connectivity index is 1.97. The Morgan fingerprint density at radius 1 is 1.17 bits per heavy atom. The number of sulfonamides is 1. The predicted molar refractivity (Wildman–Crippen MR) is 133 cm³/mol. The monoisotopic (exact) mass is 507 g/mol. The highest BCUT2D eigenvalue weighted by molar-refractivity contribution is 7.89. The van der Waals surface area contributed by atoms with Gasteiger partial charge in [-0.05, 0) is 49.4 Å². The second-order valence-electron chi connectivity index (χ2n) is 9.31. The molecule has 1 heterocycles. The molecule has 0 aliphatic carbocycles. The van der Waals surface area contributed by atoms with Crippen LogP contribution in [0.2, 0.25) is 0 Å². The lowest BCUT2D eigenvalue weighted by atomic mass is 10.0. The van der Waals surface area contributed by atoms with Crippen molar-refractivity contribution in [1.29, 1.82) is 0 Å². The Morgan fingerprint density at radius 2 is 1.83 bits per heavy atom. The molecular formula is C25H34FN3O5S. The van der Waals surface area contributed by atoms with E-state index in [-0.39, 0.29) is 36.3 Å². The molecule has 0 bridgehead atoms. The third kappa shape index (κ3) is 6.12. The summed E-state index contributed by atoms with van der Waals surface area (Å²) in [5, 5.41) is 9.75. The van der Waals surface area contributed by atoms with Gasteiger partial charge in [0.25, 0.3) is 0 Å². The summed E-state index contributed by atoms with van der Waals surface area (Å²) in [6.07, 6.45) is -0.483.